The second-order valence-electron chi connectivity index (χ2n) is 11.8. The van der Waals surface area contributed by atoms with Crippen LogP contribution >= 0.6 is 0 Å². The summed E-state index contributed by atoms with van der Waals surface area (Å²) in [6.45, 7) is 6.15. The van der Waals surface area contributed by atoms with E-state index in [9.17, 15) is 4.79 Å². The first kappa shape index (κ1) is 18.6. The van der Waals surface area contributed by atoms with Crippen LogP contribution in [0.2, 0.25) is 0 Å². The Morgan fingerprint density at radius 1 is 1.03 bits per heavy atom. The van der Waals surface area contributed by atoms with Gasteiger partial charge in [-0.1, -0.05) is 43.7 Å². The number of hydrogen-bond acceptors (Lipinski definition) is 2. The van der Waals surface area contributed by atoms with E-state index in [1.165, 1.54) is 76.6 Å². The molecule has 2 nitrogen and oxygen atoms in total. The van der Waals surface area contributed by atoms with Gasteiger partial charge in [0, 0.05) is 18.4 Å². The van der Waals surface area contributed by atoms with Crippen molar-refractivity contribution in [3.63, 3.8) is 0 Å². The highest BCUT2D eigenvalue weighted by atomic mass is 16.1. The van der Waals surface area contributed by atoms with Gasteiger partial charge >= 0.3 is 0 Å². The first-order valence-electron chi connectivity index (χ1n) is 12.4. The summed E-state index contributed by atoms with van der Waals surface area (Å²) in [7, 11) is 0. The summed E-state index contributed by atoms with van der Waals surface area (Å²) in [5.41, 5.74) is 2.19. The zero-order valence-corrected chi connectivity index (χ0v) is 18.2. The standard InChI is InChI=1S/C27H37NO/c1-2-25-13-20-14-26(17-25,23-6-4-3-5-7-23)19-27(15-20,18-25)24(29)12-22-16-28-10-8-21(22)9-11-28/h3-7,20-22H,2,8-19H2,1H3/t20?,22-,25+,26+,27?/m1/s1. The van der Waals surface area contributed by atoms with E-state index in [2.05, 4.69) is 42.2 Å². The van der Waals surface area contributed by atoms with Gasteiger partial charge in [0.15, 0.2) is 0 Å². The maximum atomic E-state index is 14.1. The maximum absolute atomic E-state index is 14.1. The molecule has 2 heteroatoms. The minimum absolute atomic E-state index is 0.0166. The third-order valence-electron chi connectivity index (χ3n) is 10.2. The number of piperidine rings is 3. The summed E-state index contributed by atoms with van der Waals surface area (Å²) in [5.74, 6) is 2.89. The number of benzene rings is 1. The maximum Gasteiger partial charge on any atom is 0.139 e. The Morgan fingerprint density at radius 2 is 1.83 bits per heavy atom. The molecule has 3 heterocycles. The number of carbonyl (C=O) groups is 1. The molecule has 1 aromatic rings. The average Bonchev–Trinajstić information content (AvgIpc) is 2.74. The van der Waals surface area contributed by atoms with Crippen LogP contribution in [0, 0.1) is 28.6 Å². The van der Waals surface area contributed by atoms with Gasteiger partial charge in [0.2, 0.25) is 0 Å². The van der Waals surface area contributed by atoms with Crippen LogP contribution in [0.15, 0.2) is 30.3 Å². The van der Waals surface area contributed by atoms with Gasteiger partial charge in [-0.05, 0) is 98.6 Å². The molecule has 4 aliphatic carbocycles. The molecule has 7 fully saturated rings. The van der Waals surface area contributed by atoms with Crippen molar-refractivity contribution in [2.24, 2.45) is 28.6 Å². The van der Waals surface area contributed by atoms with Crippen molar-refractivity contribution < 1.29 is 4.79 Å². The molecule has 6 bridgehead atoms. The Balaban J connectivity index is 1.33. The molecule has 8 rings (SSSR count). The van der Waals surface area contributed by atoms with E-state index in [-0.39, 0.29) is 10.8 Å². The molecule has 4 saturated carbocycles. The van der Waals surface area contributed by atoms with Crippen molar-refractivity contribution in [2.75, 3.05) is 19.6 Å². The quantitative estimate of drug-likeness (QED) is 0.650. The van der Waals surface area contributed by atoms with Crippen LogP contribution in [0.4, 0.5) is 0 Å². The van der Waals surface area contributed by atoms with Crippen molar-refractivity contribution in [1.82, 2.24) is 4.90 Å². The highest BCUT2D eigenvalue weighted by Crippen LogP contribution is 2.71. The average molecular weight is 392 g/mol. The second-order valence-corrected chi connectivity index (χ2v) is 11.8. The van der Waals surface area contributed by atoms with Gasteiger partial charge in [-0.15, -0.1) is 0 Å². The summed E-state index contributed by atoms with van der Waals surface area (Å²) in [6.07, 6.45) is 12.4. The summed E-state index contributed by atoms with van der Waals surface area (Å²) >= 11 is 0. The van der Waals surface area contributed by atoms with E-state index in [0.717, 1.165) is 24.7 Å². The lowest BCUT2D eigenvalue weighted by molar-refractivity contribution is -0.163. The van der Waals surface area contributed by atoms with E-state index in [4.69, 9.17) is 0 Å². The fourth-order valence-electron chi connectivity index (χ4n) is 9.23. The molecule has 5 atom stereocenters. The molecule has 0 radical (unpaired) electrons. The predicted molar refractivity (Wildman–Crippen MR) is 117 cm³/mol. The highest BCUT2D eigenvalue weighted by molar-refractivity contribution is 5.86. The highest BCUT2D eigenvalue weighted by Gasteiger charge is 2.65. The number of carbonyl (C=O) groups excluding carboxylic acids is 1. The predicted octanol–water partition coefficient (Wildman–Crippen LogP) is 5.61. The molecule has 2 unspecified atom stereocenters. The smallest absolute Gasteiger partial charge is 0.139 e. The molecule has 29 heavy (non-hydrogen) atoms. The van der Waals surface area contributed by atoms with Crippen LogP contribution in [0.5, 0.6) is 0 Å². The summed E-state index contributed by atoms with van der Waals surface area (Å²) in [5, 5.41) is 0. The molecular weight excluding hydrogens is 354 g/mol. The molecule has 3 saturated heterocycles. The molecule has 0 spiro atoms. The molecule has 1 aromatic carbocycles. The number of Topliss-reactive ketones (excluding diaryl/α,β-unsaturated/α-hetero) is 1. The van der Waals surface area contributed by atoms with Crippen molar-refractivity contribution in [2.45, 2.75) is 76.5 Å². The Bertz CT molecular complexity index is 796. The largest absolute Gasteiger partial charge is 0.303 e. The molecular formula is C27H37NO. The monoisotopic (exact) mass is 391 g/mol. The van der Waals surface area contributed by atoms with Gasteiger partial charge in [0.1, 0.15) is 5.78 Å². The number of rotatable bonds is 5. The lowest BCUT2D eigenvalue weighted by Gasteiger charge is -2.66. The van der Waals surface area contributed by atoms with Gasteiger partial charge in [0.25, 0.3) is 0 Å². The van der Waals surface area contributed by atoms with Crippen LogP contribution in [0.25, 0.3) is 0 Å². The van der Waals surface area contributed by atoms with E-state index < -0.39 is 0 Å². The number of ketones is 1. The topological polar surface area (TPSA) is 20.3 Å². The minimum Gasteiger partial charge on any atom is -0.303 e. The lowest BCUT2D eigenvalue weighted by atomic mass is 9.37. The Morgan fingerprint density at radius 3 is 2.52 bits per heavy atom. The molecule has 0 aromatic heterocycles. The van der Waals surface area contributed by atoms with Crippen molar-refractivity contribution in [3.8, 4) is 0 Å². The molecule has 156 valence electrons. The SMILES string of the molecule is CC[C@@]12CC3CC(C(=O)C[C@@H]4CN5CCC4CC5)(C1)C[C@](c1ccccc1)(C3)C2. The van der Waals surface area contributed by atoms with Gasteiger partial charge in [-0.2, -0.15) is 0 Å². The van der Waals surface area contributed by atoms with E-state index in [1.54, 1.807) is 0 Å². The first-order chi connectivity index (χ1) is 14.0. The van der Waals surface area contributed by atoms with Crippen LogP contribution < -0.4 is 0 Å². The normalized spacial score (nSPS) is 47.5. The molecule has 0 N–H and O–H groups in total. The van der Waals surface area contributed by atoms with E-state index in [0.29, 0.717) is 17.1 Å². The minimum atomic E-state index is -0.0166. The third-order valence-corrected chi connectivity index (χ3v) is 10.2. The van der Waals surface area contributed by atoms with Crippen LogP contribution in [-0.4, -0.2) is 30.3 Å². The van der Waals surface area contributed by atoms with Crippen molar-refractivity contribution in [1.29, 1.82) is 0 Å². The Hall–Kier alpha value is -1.15. The lowest BCUT2D eigenvalue weighted by Crippen LogP contribution is -2.61. The second kappa shape index (κ2) is 6.42. The Labute approximate surface area is 176 Å². The summed E-state index contributed by atoms with van der Waals surface area (Å²) < 4.78 is 0. The molecule has 3 aliphatic heterocycles. The van der Waals surface area contributed by atoms with Gasteiger partial charge in [0.05, 0.1) is 0 Å². The van der Waals surface area contributed by atoms with Crippen molar-refractivity contribution >= 4 is 5.78 Å². The first-order valence-corrected chi connectivity index (χ1v) is 12.4. The Kier molecular flexibility index (Phi) is 4.12. The third kappa shape index (κ3) is 2.81. The fraction of sp³-hybridized carbons (Fsp3) is 0.741. The van der Waals surface area contributed by atoms with Gasteiger partial charge < -0.3 is 4.90 Å². The zero-order valence-electron chi connectivity index (χ0n) is 18.2. The number of nitrogens with zero attached hydrogens (tertiary/aromatic N) is 1. The van der Waals surface area contributed by atoms with E-state index in [1.807, 2.05) is 0 Å². The van der Waals surface area contributed by atoms with Crippen LogP contribution in [0.1, 0.15) is 76.7 Å². The fourth-order valence-corrected chi connectivity index (χ4v) is 9.23. The van der Waals surface area contributed by atoms with Gasteiger partial charge in [-0.25, -0.2) is 0 Å². The molecule has 7 aliphatic rings. The number of fused-ring (bicyclic) bond motifs is 3. The van der Waals surface area contributed by atoms with Gasteiger partial charge in [-0.3, -0.25) is 4.79 Å². The van der Waals surface area contributed by atoms with Crippen LogP contribution in [-0.2, 0) is 10.2 Å². The molecule has 0 amide bonds. The number of hydrogen-bond donors (Lipinski definition) is 0. The van der Waals surface area contributed by atoms with Crippen LogP contribution in [0.3, 0.4) is 0 Å². The van der Waals surface area contributed by atoms with E-state index >= 15 is 0 Å². The summed E-state index contributed by atoms with van der Waals surface area (Å²) in [4.78, 5) is 16.7. The van der Waals surface area contributed by atoms with Crippen molar-refractivity contribution in [3.05, 3.63) is 35.9 Å². The zero-order chi connectivity index (χ0) is 19.7. The summed E-state index contributed by atoms with van der Waals surface area (Å²) in [6, 6.07) is 11.3.